The molecule has 14 nitrogen and oxygen atoms in total. The van der Waals surface area contributed by atoms with E-state index >= 15 is 0 Å². The summed E-state index contributed by atoms with van der Waals surface area (Å²) in [5, 5.41) is 2.80. The number of Topliss-reactive ketones (excluding diaryl/α,β-unsaturated/α-hetero) is 2. The molecule has 6 aromatic rings. The molecule has 0 spiro atoms. The summed E-state index contributed by atoms with van der Waals surface area (Å²) in [6, 6.07) is 26.6. The summed E-state index contributed by atoms with van der Waals surface area (Å²) in [5.74, 6) is -0.160. The van der Waals surface area contributed by atoms with Crippen LogP contribution < -0.4 is 20.9 Å². The number of nitrogens with one attached hydrogen (secondary N) is 1. The lowest BCUT2D eigenvalue weighted by Crippen LogP contribution is -2.44. The summed E-state index contributed by atoms with van der Waals surface area (Å²) in [4.78, 5) is 64.7. The first-order chi connectivity index (χ1) is 31.3. The standard InChI is InChI=1S/C28H33N5O3.C23H25N5O/c1-28(2,3)36-27(35)31-24-7-5-21(20-9-11-29-12-10-20)17-22(24)18-26(34)25-8-6-23(19-30-25)33-15-13-32(4)14-16-33;1-27-10-12-28(13-11-27)20-3-5-22(26-16-20)23(29)15-19-14-18(2-4-21(19)24)17-6-8-25-9-7-17/h5-12,17,19H,13-16,18H2,1-4H3,(H,31,35);2-9,14,16H,10-13,15,24H2,1H3. The van der Waals surface area contributed by atoms with E-state index in [9.17, 15) is 14.4 Å². The smallest absolute Gasteiger partial charge is 0.412 e. The molecule has 6 heterocycles. The Morgan fingerprint density at radius 3 is 1.48 bits per heavy atom. The van der Waals surface area contributed by atoms with Crippen molar-refractivity contribution in [3.63, 3.8) is 0 Å². The van der Waals surface area contributed by atoms with Crippen molar-refractivity contribution in [1.82, 2.24) is 29.7 Å². The maximum atomic E-state index is 13.2. The van der Waals surface area contributed by atoms with Gasteiger partial charge in [-0.2, -0.15) is 0 Å². The second-order valence-electron chi connectivity index (χ2n) is 17.5. The lowest BCUT2D eigenvalue weighted by molar-refractivity contribution is 0.0635. The minimum Gasteiger partial charge on any atom is -0.444 e. The quantitative estimate of drug-likeness (QED) is 0.0969. The summed E-state index contributed by atoms with van der Waals surface area (Å²) >= 11 is 0. The number of piperazine rings is 2. The number of ether oxygens (including phenoxy) is 1. The Hall–Kier alpha value is -7.03. The number of nitrogen functional groups attached to an aromatic ring is 1. The fourth-order valence-electron chi connectivity index (χ4n) is 7.61. The maximum absolute atomic E-state index is 13.2. The summed E-state index contributed by atoms with van der Waals surface area (Å²) < 4.78 is 5.42. The second kappa shape index (κ2) is 21.1. The van der Waals surface area contributed by atoms with E-state index in [1.54, 1.807) is 70.1 Å². The molecular formula is C51H58N10O4. The zero-order valence-electron chi connectivity index (χ0n) is 37.9. The van der Waals surface area contributed by atoms with Crippen LogP contribution in [0.1, 0.15) is 52.9 Å². The molecule has 0 radical (unpaired) electrons. The summed E-state index contributed by atoms with van der Waals surface area (Å²) in [5.41, 5.74) is 15.0. The van der Waals surface area contributed by atoms with Gasteiger partial charge in [0.05, 0.1) is 23.8 Å². The molecule has 2 aromatic carbocycles. The molecule has 2 aliphatic rings. The van der Waals surface area contributed by atoms with Crippen molar-refractivity contribution in [1.29, 1.82) is 0 Å². The fraction of sp³-hybridized carbons (Fsp3) is 0.314. The van der Waals surface area contributed by atoms with Crippen LogP contribution in [0.3, 0.4) is 0 Å². The van der Waals surface area contributed by atoms with Gasteiger partial charge in [-0.05, 0) is 141 Å². The third kappa shape index (κ3) is 12.8. The molecular weight excluding hydrogens is 817 g/mol. The van der Waals surface area contributed by atoms with Crippen LogP contribution in [0, 0.1) is 0 Å². The van der Waals surface area contributed by atoms with Crippen LogP contribution >= 0.6 is 0 Å². The molecule has 3 N–H and O–H groups in total. The van der Waals surface area contributed by atoms with Crippen molar-refractivity contribution in [3.05, 3.63) is 145 Å². The zero-order valence-corrected chi connectivity index (χ0v) is 37.9. The van der Waals surface area contributed by atoms with Crippen LogP contribution in [-0.4, -0.2) is 119 Å². The molecule has 4 aromatic heterocycles. The van der Waals surface area contributed by atoms with Gasteiger partial charge in [-0.1, -0.05) is 12.1 Å². The topological polar surface area (TPSA) is 163 Å². The number of carbonyl (C=O) groups is 3. The second-order valence-corrected chi connectivity index (χ2v) is 17.5. The number of nitrogens with two attached hydrogens (primary N) is 1. The third-order valence-corrected chi connectivity index (χ3v) is 11.4. The molecule has 0 atom stereocenters. The van der Waals surface area contributed by atoms with E-state index in [0.717, 1.165) is 91.6 Å². The van der Waals surface area contributed by atoms with Crippen LogP contribution in [0.4, 0.5) is 27.5 Å². The Kier molecular flexibility index (Phi) is 14.9. The molecule has 0 unspecified atom stereocenters. The highest BCUT2D eigenvalue weighted by molar-refractivity contribution is 5.98. The van der Waals surface area contributed by atoms with Crippen LogP contribution in [0.5, 0.6) is 0 Å². The van der Waals surface area contributed by atoms with Gasteiger partial charge in [-0.3, -0.25) is 34.8 Å². The summed E-state index contributed by atoms with van der Waals surface area (Å²) in [6.45, 7) is 13.3. The summed E-state index contributed by atoms with van der Waals surface area (Å²) in [6.07, 6.45) is 10.3. The number of aromatic nitrogens is 4. The van der Waals surface area contributed by atoms with Gasteiger partial charge >= 0.3 is 6.09 Å². The first kappa shape index (κ1) is 46.0. The van der Waals surface area contributed by atoms with Crippen LogP contribution in [0.25, 0.3) is 22.3 Å². The van der Waals surface area contributed by atoms with Gasteiger partial charge in [0.2, 0.25) is 0 Å². The Bertz CT molecular complexity index is 2530. The minimum atomic E-state index is -0.632. The predicted octanol–water partition coefficient (Wildman–Crippen LogP) is 7.57. The number of benzene rings is 2. The summed E-state index contributed by atoms with van der Waals surface area (Å²) in [7, 11) is 4.25. The van der Waals surface area contributed by atoms with E-state index < -0.39 is 11.7 Å². The highest BCUT2D eigenvalue weighted by Crippen LogP contribution is 2.28. The number of nitrogens with zero attached hydrogens (tertiary/aromatic N) is 8. The number of carbonyl (C=O) groups excluding carboxylic acids is 3. The number of amides is 1. The lowest BCUT2D eigenvalue weighted by atomic mass is 9.98. The van der Waals surface area contributed by atoms with Crippen molar-refractivity contribution in [2.45, 2.75) is 39.2 Å². The van der Waals surface area contributed by atoms with E-state index in [1.807, 2.05) is 72.8 Å². The van der Waals surface area contributed by atoms with E-state index in [4.69, 9.17) is 10.5 Å². The number of hydrogen-bond donors (Lipinski definition) is 2. The number of rotatable bonds is 11. The average Bonchev–Trinajstić information content (AvgIpc) is 3.31. The number of likely N-dealkylation sites (N-methyl/N-ethyl adjacent to an activating group) is 2. The maximum Gasteiger partial charge on any atom is 0.412 e. The molecule has 336 valence electrons. The van der Waals surface area contributed by atoms with Crippen molar-refractivity contribution in [2.75, 3.05) is 87.3 Å². The normalized spacial score (nSPS) is 14.5. The van der Waals surface area contributed by atoms with E-state index in [1.165, 1.54) is 0 Å². The monoisotopic (exact) mass is 874 g/mol. The minimum absolute atomic E-state index is 0.0338. The number of anilines is 4. The van der Waals surface area contributed by atoms with Gasteiger partial charge in [0.15, 0.2) is 11.6 Å². The lowest BCUT2D eigenvalue weighted by Gasteiger charge is -2.33. The zero-order chi connectivity index (χ0) is 45.9. The van der Waals surface area contributed by atoms with Crippen LogP contribution in [-0.2, 0) is 17.6 Å². The largest absolute Gasteiger partial charge is 0.444 e. The number of ketones is 2. The number of pyridine rings is 4. The third-order valence-electron chi connectivity index (χ3n) is 11.4. The van der Waals surface area contributed by atoms with Crippen LogP contribution in [0.15, 0.2) is 122 Å². The predicted molar refractivity (Wildman–Crippen MR) is 258 cm³/mol. The first-order valence-electron chi connectivity index (χ1n) is 22.0. The van der Waals surface area contributed by atoms with Gasteiger partial charge < -0.3 is 30.1 Å². The molecule has 14 heteroatoms. The Morgan fingerprint density at radius 1 is 0.585 bits per heavy atom. The average molecular weight is 875 g/mol. The van der Waals surface area contributed by atoms with Gasteiger partial charge in [0, 0.05) is 101 Å². The van der Waals surface area contributed by atoms with Crippen molar-refractivity contribution in [2.24, 2.45) is 0 Å². The molecule has 1 amide bonds. The van der Waals surface area contributed by atoms with Crippen molar-refractivity contribution >= 4 is 40.4 Å². The Morgan fingerprint density at radius 2 is 1.03 bits per heavy atom. The highest BCUT2D eigenvalue weighted by atomic mass is 16.6. The van der Waals surface area contributed by atoms with Gasteiger partial charge in [-0.25, -0.2) is 4.79 Å². The van der Waals surface area contributed by atoms with E-state index in [2.05, 4.69) is 58.9 Å². The fourth-order valence-corrected chi connectivity index (χ4v) is 7.61. The number of hydrogen-bond acceptors (Lipinski definition) is 13. The van der Waals surface area contributed by atoms with Gasteiger partial charge in [0.1, 0.15) is 17.0 Å². The van der Waals surface area contributed by atoms with E-state index in [-0.39, 0.29) is 24.4 Å². The van der Waals surface area contributed by atoms with Gasteiger partial charge in [0.25, 0.3) is 0 Å². The molecule has 0 saturated carbocycles. The van der Waals surface area contributed by atoms with Gasteiger partial charge in [-0.15, -0.1) is 0 Å². The highest BCUT2D eigenvalue weighted by Gasteiger charge is 2.21. The Balaban J connectivity index is 0.000000198. The first-order valence-corrected chi connectivity index (χ1v) is 22.0. The van der Waals surface area contributed by atoms with Crippen LogP contribution in [0.2, 0.25) is 0 Å². The SMILES string of the molecule is CN1CCN(c2ccc(C(=O)Cc3cc(-c4ccncc4)ccc3N)nc2)CC1.CN1CCN(c2ccc(C(=O)Cc3cc(-c4ccncc4)ccc3NC(=O)OC(C)(C)C)nc2)CC1. The molecule has 0 bridgehead atoms. The van der Waals surface area contributed by atoms with Crippen molar-refractivity contribution in [3.8, 4) is 22.3 Å². The Labute approximate surface area is 381 Å². The molecule has 8 rings (SSSR count). The van der Waals surface area contributed by atoms with Crippen molar-refractivity contribution < 1.29 is 19.1 Å². The molecule has 0 aliphatic carbocycles. The van der Waals surface area contributed by atoms with E-state index in [0.29, 0.717) is 28.3 Å². The molecule has 2 fully saturated rings. The molecule has 2 aliphatic heterocycles. The molecule has 2 saturated heterocycles. The molecule has 65 heavy (non-hydrogen) atoms.